The molecule has 3 heterocycles. The molecule has 10 rings (SSSR count). The van der Waals surface area contributed by atoms with Crippen molar-refractivity contribution in [1.29, 1.82) is 0 Å². The zero-order valence-electron chi connectivity index (χ0n) is 36.6. The van der Waals surface area contributed by atoms with Crippen molar-refractivity contribution in [2.24, 2.45) is 0 Å². The third-order valence-electron chi connectivity index (χ3n) is 12.3. The van der Waals surface area contributed by atoms with Gasteiger partial charge in [0.15, 0.2) is 0 Å². The van der Waals surface area contributed by atoms with Crippen molar-refractivity contribution in [3.63, 3.8) is 0 Å². The first-order valence-corrected chi connectivity index (χ1v) is 22.6. The van der Waals surface area contributed by atoms with E-state index in [0.29, 0.717) is 0 Å². The molecule has 0 bridgehead atoms. The van der Waals surface area contributed by atoms with E-state index in [2.05, 4.69) is 217 Å². The van der Waals surface area contributed by atoms with Crippen molar-refractivity contribution in [2.75, 3.05) is 0 Å². The fourth-order valence-corrected chi connectivity index (χ4v) is 8.70. The van der Waals surface area contributed by atoms with E-state index in [-0.39, 0.29) is 0 Å². The summed E-state index contributed by atoms with van der Waals surface area (Å²) in [6.45, 7) is 2.07. The minimum Gasteiger partial charge on any atom is -0.256 e. The molecule has 3 nitrogen and oxygen atoms in total. The molecule has 0 aliphatic carbocycles. The van der Waals surface area contributed by atoms with Gasteiger partial charge in [-0.1, -0.05) is 182 Å². The quantitative estimate of drug-likeness (QED) is 0.116. The summed E-state index contributed by atoms with van der Waals surface area (Å²) < 4.78 is 0. The second kappa shape index (κ2) is 19.2. The van der Waals surface area contributed by atoms with Gasteiger partial charge in [0.1, 0.15) is 0 Å². The van der Waals surface area contributed by atoms with Crippen molar-refractivity contribution >= 4 is 0 Å². The molecule has 0 aliphatic heterocycles. The van der Waals surface area contributed by atoms with E-state index < -0.39 is 0 Å². The molecule has 0 amide bonds. The molecule has 10 aromatic rings. The zero-order valence-corrected chi connectivity index (χ0v) is 36.6. The lowest BCUT2D eigenvalue weighted by atomic mass is 9.90. The Morgan fingerprint density at radius 2 is 0.754 bits per heavy atom. The van der Waals surface area contributed by atoms with Gasteiger partial charge in [-0.2, -0.15) is 0 Å². The second-order valence-corrected chi connectivity index (χ2v) is 16.9. The highest BCUT2D eigenvalue weighted by Gasteiger charge is 2.13. The highest BCUT2D eigenvalue weighted by molar-refractivity contribution is 5.85. The first-order chi connectivity index (χ1) is 32.1. The van der Waals surface area contributed by atoms with Crippen molar-refractivity contribution in [2.45, 2.75) is 32.6 Å². The summed E-state index contributed by atoms with van der Waals surface area (Å²) in [5.41, 5.74) is 22.5. The largest absolute Gasteiger partial charge is 0.256 e. The predicted molar refractivity (Wildman–Crippen MR) is 270 cm³/mol. The maximum absolute atomic E-state index is 4.80. The summed E-state index contributed by atoms with van der Waals surface area (Å²) in [4.78, 5) is 14.0. The second-order valence-electron chi connectivity index (χ2n) is 16.9. The average Bonchev–Trinajstić information content (AvgIpc) is 3.38. The van der Waals surface area contributed by atoms with Gasteiger partial charge in [0.2, 0.25) is 0 Å². The molecule has 0 N–H and O–H groups in total. The van der Waals surface area contributed by atoms with Gasteiger partial charge in [-0.3, -0.25) is 15.0 Å². The van der Waals surface area contributed by atoms with Crippen molar-refractivity contribution in [3.05, 3.63) is 259 Å². The van der Waals surface area contributed by atoms with E-state index in [9.17, 15) is 0 Å². The molecular weight excluding hydrogens is 787 g/mol. The van der Waals surface area contributed by atoms with E-state index >= 15 is 0 Å². The fraction of sp³-hybridized carbons (Fsp3) is 0.0806. The summed E-state index contributed by atoms with van der Waals surface area (Å²) >= 11 is 0. The van der Waals surface area contributed by atoms with Crippen molar-refractivity contribution in [3.8, 4) is 78.3 Å². The predicted octanol–water partition coefficient (Wildman–Crippen LogP) is 15.4. The molecule has 3 aromatic heterocycles. The van der Waals surface area contributed by atoms with Crippen LogP contribution in [0.5, 0.6) is 0 Å². The van der Waals surface area contributed by atoms with Crippen LogP contribution in [0.15, 0.2) is 231 Å². The Morgan fingerprint density at radius 3 is 1.35 bits per heavy atom. The molecule has 0 saturated carbocycles. The minimum atomic E-state index is 0.946. The Kier molecular flexibility index (Phi) is 12.1. The van der Waals surface area contributed by atoms with Gasteiger partial charge in [-0.15, -0.1) is 0 Å². The van der Waals surface area contributed by atoms with Crippen molar-refractivity contribution < 1.29 is 0 Å². The molecule has 312 valence electrons. The first-order valence-electron chi connectivity index (χ1n) is 22.6. The normalized spacial score (nSPS) is 11.1. The maximum atomic E-state index is 4.80. The topological polar surface area (TPSA) is 38.7 Å². The molecule has 0 spiro atoms. The molecular formula is C62H49N3. The molecule has 0 saturated heterocycles. The van der Waals surface area contributed by atoms with Gasteiger partial charge < -0.3 is 0 Å². The standard InChI is InChI=1S/C62H49N3/c1-44-14-35-61(65-43-44)54-25-21-46(22-26-54)16-18-48-39-47(17-15-45-19-23-53(24-20-45)60-13-7-8-37-63-60)40-57(41-48)59-12-6-5-11-58(59)52-31-33-55(34-32-52)62-42-56(36-38-64-62)51-29-27-50(28-30-51)49-9-3-2-4-10-49/h2-14,19-43H,15-18H2,1H3. The van der Waals surface area contributed by atoms with Crippen LogP contribution < -0.4 is 0 Å². The van der Waals surface area contributed by atoms with Crippen LogP contribution in [0, 0.1) is 6.92 Å². The third-order valence-corrected chi connectivity index (χ3v) is 12.3. The fourth-order valence-electron chi connectivity index (χ4n) is 8.70. The number of pyridine rings is 3. The van der Waals surface area contributed by atoms with Gasteiger partial charge in [-0.25, -0.2) is 0 Å². The lowest BCUT2D eigenvalue weighted by molar-refractivity contribution is 0.931. The summed E-state index contributed by atoms with van der Waals surface area (Å²) in [5.74, 6) is 0. The minimum absolute atomic E-state index is 0.946. The number of hydrogen-bond acceptors (Lipinski definition) is 3. The molecule has 65 heavy (non-hydrogen) atoms. The van der Waals surface area contributed by atoms with Crippen molar-refractivity contribution in [1.82, 2.24) is 15.0 Å². The van der Waals surface area contributed by atoms with E-state index in [1.54, 1.807) is 0 Å². The van der Waals surface area contributed by atoms with Crippen LogP contribution in [0.4, 0.5) is 0 Å². The Hall–Kier alpha value is -8.01. The summed E-state index contributed by atoms with van der Waals surface area (Å²) in [5, 5.41) is 0. The number of aryl methyl sites for hydroxylation is 5. The monoisotopic (exact) mass is 835 g/mol. The molecule has 3 heteroatoms. The number of aromatic nitrogens is 3. The van der Waals surface area contributed by atoms with Crippen LogP contribution in [0.25, 0.3) is 78.3 Å². The van der Waals surface area contributed by atoms with E-state index in [1.807, 2.05) is 30.7 Å². The van der Waals surface area contributed by atoms with Crippen LogP contribution in [-0.2, 0) is 25.7 Å². The van der Waals surface area contributed by atoms with Gasteiger partial charge in [0, 0.05) is 35.3 Å². The van der Waals surface area contributed by atoms with Crippen LogP contribution in [-0.4, -0.2) is 15.0 Å². The highest BCUT2D eigenvalue weighted by Crippen LogP contribution is 2.36. The molecule has 0 aliphatic rings. The zero-order chi connectivity index (χ0) is 43.8. The van der Waals surface area contributed by atoms with Crippen LogP contribution >= 0.6 is 0 Å². The highest BCUT2D eigenvalue weighted by atomic mass is 14.7. The smallest absolute Gasteiger partial charge is 0.0708 e. The van der Waals surface area contributed by atoms with Crippen LogP contribution in [0.1, 0.15) is 27.8 Å². The van der Waals surface area contributed by atoms with Crippen LogP contribution in [0.3, 0.4) is 0 Å². The van der Waals surface area contributed by atoms with E-state index in [4.69, 9.17) is 4.98 Å². The Labute approximate surface area is 382 Å². The van der Waals surface area contributed by atoms with E-state index in [0.717, 1.165) is 65.0 Å². The summed E-state index contributed by atoms with van der Waals surface area (Å²) in [6.07, 6.45) is 9.50. The first kappa shape index (κ1) is 41.0. The number of hydrogen-bond donors (Lipinski definition) is 0. The summed E-state index contributed by atoms with van der Waals surface area (Å²) in [6, 6.07) is 76.6. The lowest BCUT2D eigenvalue weighted by Crippen LogP contribution is -1.98. The number of rotatable bonds is 13. The SMILES string of the molecule is Cc1ccc(-c2ccc(CCc3cc(CCc4ccc(-c5ccccn5)cc4)cc(-c4ccccc4-c4ccc(-c5cc(-c6ccc(-c7ccccc7)cc6)ccn5)cc4)c3)cc2)nc1. The summed E-state index contributed by atoms with van der Waals surface area (Å²) in [7, 11) is 0. The Bertz CT molecular complexity index is 3140. The molecule has 7 aromatic carbocycles. The Morgan fingerprint density at radius 1 is 0.277 bits per heavy atom. The van der Waals surface area contributed by atoms with E-state index in [1.165, 1.54) is 66.8 Å². The number of nitrogens with zero attached hydrogens (tertiary/aromatic N) is 3. The molecule has 0 unspecified atom stereocenters. The average molecular weight is 836 g/mol. The Balaban J connectivity index is 0.909. The molecule has 0 atom stereocenters. The molecule has 0 radical (unpaired) electrons. The molecule has 0 fully saturated rings. The third kappa shape index (κ3) is 9.81. The van der Waals surface area contributed by atoms with Crippen LogP contribution in [0.2, 0.25) is 0 Å². The number of benzene rings is 7. The van der Waals surface area contributed by atoms with Gasteiger partial charge >= 0.3 is 0 Å². The van der Waals surface area contributed by atoms with Gasteiger partial charge in [-0.05, 0) is 135 Å². The van der Waals surface area contributed by atoms with Gasteiger partial charge in [0.25, 0.3) is 0 Å². The lowest BCUT2D eigenvalue weighted by Gasteiger charge is -2.15. The van der Waals surface area contributed by atoms with Gasteiger partial charge in [0.05, 0.1) is 17.1 Å². The maximum Gasteiger partial charge on any atom is 0.0708 e.